The predicted molar refractivity (Wildman–Crippen MR) is 88.4 cm³/mol. The van der Waals surface area contributed by atoms with E-state index in [0.717, 1.165) is 24.2 Å². The van der Waals surface area contributed by atoms with Gasteiger partial charge in [-0.3, -0.25) is 4.79 Å². The van der Waals surface area contributed by atoms with Gasteiger partial charge < -0.3 is 10.1 Å². The first-order valence-electron chi connectivity index (χ1n) is 7.93. The lowest BCUT2D eigenvalue weighted by Crippen LogP contribution is -2.25. The van der Waals surface area contributed by atoms with Gasteiger partial charge in [0.25, 0.3) is 0 Å². The Labute approximate surface area is 135 Å². The molecule has 120 valence electrons. The number of hydrogen-bond donors (Lipinski definition) is 1. The zero-order valence-corrected chi connectivity index (χ0v) is 13.1. The van der Waals surface area contributed by atoms with E-state index in [1.54, 1.807) is 12.1 Å². The van der Waals surface area contributed by atoms with Gasteiger partial charge in [-0.25, -0.2) is 4.39 Å². The van der Waals surface area contributed by atoms with Crippen molar-refractivity contribution in [2.24, 2.45) is 0 Å². The number of ether oxygens (including phenoxy) is 1. The Bertz CT molecular complexity index is 710. The molecule has 0 radical (unpaired) electrons. The highest BCUT2D eigenvalue weighted by molar-refractivity contribution is 5.99. The first-order chi connectivity index (χ1) is 11.1. The van der Waals surface area contributed by atoms with Crippen molar-refractivity contribution in [1.29, 1.82) is 0 Å². The summed E-state index contributed by atoms with van der Waals surface area (Å²) in [5, 5.41) is 3.16. The molecule has 3 rings (SSSR count). The number of Topliss-reactive ketones (excluding diaryl/α,β-unsaturated/α-hetero) is 1. The van der Waals surface area contributed by atoms with Crippen molar-refractivity contribution in [2.75, 3.05) is 5.32 Å². The van der Waals surface area contributed by atoms with Crippen LogP contribution in [-0.2, 0) is 6.54 Å². The third kappa shape index (κ3) is 3.52. The maximum Gasteiger partial charge on any atom is 0.164 e. The smallest absolute Gasteiger partial charge is 0.164 e. The molecule has 1 N–H and O–H groups in total. The zero-order chi connectivity index (χ0) is 16.2. The van der Waals surface area contributed by atoms with Gasteiger partial charge in [0.15, 0.2) is 5.78 Å². The summed E-state index contributed by atoms with van der Waals surface area (Å²) >= 11 is 0. The molecule has 4 heteroatoms. The largest absolute Gasteiger partial charge is 0.490 e. The molecule has 3 nitrogen and oxygen atoms in total. The molecule has 0 spiro atoms. The second-order valence-electron chi connectivity index (χ2n) is 5.85. The summed E-state index contributed by atoms with van der Waals surface area (Å²) in [6.07, 6.45) is 3.72. The van der Waals surface area contributed by atoms with Gasteiger partial charge >= 0.3 is 0 Å². The van der Waals surface area contributed by atoms with E-state index in [9.17, 15) is 9.18 Å². The summed E-state index contributed by atoms with van der Waals surface area (Å²) in [7, 11) is 0. The van der Waals surface area contributed by atoms with Crippen LogP contribution in [0.3, 0.4) is 0 Å². The lowest BCUT2D eigenvalue weighted by Gasteiger charge is -2.27. The number of halogens is 1. The minimum atomic E-state index is -0.499. The summed E-state index contributed by atoms with van der Waals surface area (Å²) in [5.41, 5.74) is 1.61. The number of para-hydroxylation sites is 1. The highest BCUT2D eigenvalue weighted by atomic mass is 19.1. The van der Waals surface area contributed by atoms with E-state index in [1.165, 1.54) is 19.4 Å². The van der Waals surface area contributed by atoms with Crippen LogP contribution < -0.4 is 10.1 Å². The van der Waals surface area contributed by atoms with Gasteiger partial charge in [-0.1, -0.05) is 24.3 Å². The first-order valence-corrected chi connectivity index (χ1v) is 7.93. The number of benzene rings is 2. The fraction of sp³-hybridized carbons (Fsp3) is 0.316. The van der Waals surface area contributed by atoms with Gasteiger partial charge in [-0.15, -0.1) is 0 Å². The highest BCUT2D eigenvalue weighted by Gasteiger charge is 2.20. The van der Waals surface area contributed by atoms with Crippen LogP contribution in [0.2, 0.25) is 0 Å². The lowest BCUT2D eigenvalue weighted by atomic mass is 9.96. The summed E-state index contributed by atoms with van der Waals surface area (Å²) in [6.45, 7) is 1.85. The van der Waals surface area contributed by atoms with Crippen LogP contribution in [0.5, 0.6) is 5.75 Å². The number of hydrogen-bond acceptors (Lipinski definition) is 3. The predicted octanol–water partition coefficient (Wildman–Crippen LogP) is 4.57. The van der Waals surface area contributed by atoms with Crippen molar-refractivity contribution in [2.45, 2.75) is 38.8 Å². The minimum absolute atomic E-state index is 0.102. The van der Waals surface area contributed by atoms with Gasteiger partial charge in [0.1, 0.15) is 11.6 Å². The van der Waals surface area contributed by atoms with Gasteiger partial charge in [-0.2, -0.15) is 0 Å². The van der Waals surface area contributed by atoms with Crippen molar-refractivity contribution >= 4 is 11.5 Å². The topological polar surface area (TPSA) is 38.3 Å². The Hall–Kier alpha value is -2.36. The molecule has 0 unspecified atom stereocenters. The number of rotatable bonds is 6. The monoisotopic (exact) mass is 313 g/mol. The van der Waals surface area contributed by atoms with Gasteiger partial charge in [0.2, 0.25) is 0 Å². The van der Waals surface area contributed by atoms with E-state index in [-0.39, 0.29) is 11.3 Å². The first kappa shape index (κ1) is 15.5. The van der Waals surface area contributed by atoms with Crippen molar-refractivity contribution < 1.29 is 13.9 Å². The summed E-state index contributed by atoms with van der Waals surface area (Å²) < 4.78 is 19.8. The van der Waals surface area contributed by atoms with Crippen molar-refractivity contribution in [3.63, 3.8) is 0 Å². The zero-order valence-electron chi connectivity index (χ0n) is 13.1. The van der Waals surface area contributed by atoms with Gasteiger partial charge in [0, 0.05) is 17.8 Å². The highest BCUT2D eigenvalue weighted by Crippen LogP contribution is 2.28. The van der Waals surface area contributed by atoms with Crippen LogP contribution in [0.1, 0.15) is 42.1 Å². The second kappa shape index (κ2) is 6.82. The summed E-state index contributed by atoms with van der Waals surface area (Å²) in [6, 6.07) is 12.4. The molecule has 2 aromatic carbocycles. The average molecular weight is 313 g/mol. The average Bonchev–Trinajstić information content (AvgIpc) is 2.49. The Kier molecular flexibility index (Phi) is 4.60. The Morgan fingerprint density at radius 1 is 1.22 bits per heavy atom. The Morgan fingerprint density at radius 2 is 2.00 bits per heavy atom. The summed E-state index contributed by atoms with van der Waals surface area (Å²) in [5.74, 6) is 0.0663. The van der Waals surface area contributed by atoms with Crippen LogP contribution in [0.4, 0.5) is 10.1 Å². The number of ketones is 1. The van der Waals surface area contributed by atoms with E-state index >= 15 is 0 Å². The van der Waals surface area contributed by atoms with Crippen LogP contribution >= 0.6 is 0 Å². The molecule has 1 aliphatic carbocycles. The van der Waals surface area contributed by atoms with Gasteiger partial charge in [0.05, 0.1) is 11.7 Å². The van der Waals surface area contributed by atoms with E-state index < -0.39 is 5.82 Å². The third-order valence-corrected chi connectivity index (χ3v) is 4.15. The third-order valence-electron chi connectivity index (χ3n) is 4.15. The Morgan fingerprint density at radius 3 is 2.70 bits per heavy atom. The molecule has 0 saturated heterocycles. The molecule has 0 atom stereocenters. The molecule has 1 saturated carbocycles. The minimum Gasteiger partial charge on any atom is -0.490 e. The normalized spacial score (nSPS) is 14.2. The SMILES string of the molecule is CC(=O)c1c(F)cccc1NCc1ccccc1OC1CCC1. The molecule has 23 heavy (non-hydrogen) atoms. The molecular formula is C19H20FNO2. The maximum absolute atomic E-state index is 13.8. The van der Waals surface area contributed by atoms with Gasteiger partial charge in [-0.05, 0) is 44.4 Å². The molecule has 0 amide bonds. The molecule has 0 heterocycles. The molecular weight excluding hydrogens is 293 g/mol. The number of carbonyl (C=O) groups is 1. The number of carbonyl (C=O) groups excluding carboxylic acids is 1. The molecule has 0 aliphatic heterocycles. The van der Waals surface area contributed by atoms with Crippen LogP contribution in [0, 0.1) is 5.82 Å². The van der Waals surface area contributed by atoms with Crippen LogP contribution in [-0.4, -0.2) is 11.9 Å². The molecule has 0 bridgehead atoms. The molecule has 1 fully saturated rings. The van der Waals surface area contributed by atoms with Crippen molar-refractivity contribution in [1.82, 2.24) is 0 Å². The maximum atomic E-state index is 13.8. The fourth-order valence-electron chi connectivity index (χ4n) is 2.65. The quantitative estimate of drug-likeness (QED) is 0.794. The number of anilines is 1. The van der Waals surface area contributed by atoms with E-state index in [1.807, 2.05) is 24.3 Å². The molecule has 2 aromatic rings. The van der Waals surface area contributed by atoms with Crippen LogP contribution in [0.15, 0.2) is 42.5 Å². The summed E-state index contributed by atoms with van der Waals surface area (Å²) in [4.78, 5) is 11.7. The Balaban J connectivity index is 1.76. The second-order valence-corrected chi connectivity index (χ2v) is 5.85. The standard InChI is InChI=1S/C19H20FNO2/c1-13(22)19-16(20)9-5-10-17(19)21-12-14-6-2-3-11-18(14)23-15-7-4-8-15/h2-3,5-6,9-11,15,21H,4,7-8,12H2,1H3. The molecule has 1 aliphatic rings. The van der Waals surface area contributed by atoms with Crippen molar-refractivity contribution in [3.8, 4) is 5.75 Å². The van der Waals surface area contributed by atoms with E-state index in [2.05, 4.69) is 5.32 Å². The number of nitrogens with one attached hydrogen (secondary N) is 1. The van der Waals surface area contributed by atoms with E-state index in [4.69, 9.17) is 4.74 Å². The molecule has 0 aromatic heterocycles. The van der Waals surface area contributed by atoms with Crippen LogP contribution in [0.25, 0.3) is 0 Å². The fourth-order valence-corrected chi connectivity index (χ4v) is 2.65. The van der Waals surface area contributed by atoms with E-state index in [0.29, 0.717) is 18.3 Å². The van der Waals surface area contributed by atoms with Crippen molar-refractivity contribution in [3.05, 3.63) is 59.4 Å². The lowest BCUT2D eigenvalue weighted by molar-refractivity contribution is 0.101.